The first-order chi connectivity index (χ1) is 5.61. The topological polar surface area (TPSA) is 37.4 Å². The largest absolute Gasteiger partial charge is 0.336 e. The Labute approximate surface area is 72.7 Å². The Morgan fingerprint density at radius 1 is 1.25 bits per heavy atom. The molecule has 1 heterocycles. The van der Waals surface area contributed by atoms with Crippen LogP contribution in [0.25, 0.3) is 0 Å². The van der Waals surface area contributed by atoms with Gasteiger partial charge in [-0.25, -0.2) is 0 Å². The lowest BCUT2D eigenvalue weighted by atomic mass is 9.99. The second kappa shape index (κ2) is 3.70. The Hall–Kier alpha value is -0.860. The molecule has 1 amide bonds. The third-order valence-electron chi connectivity index (χ3n) is 2.37. The molecule has 0 aromatic carbocycles. The van der Waals surface area contributed by atoms with Crippen LogP contribution in [0.5, 0.6) is 0 Å². The number of nitrogens with zero attached hydrogens (tertiary/aromatic N) is 1. The summed E-state index contributed by atoms with van der Waals surface area (Å²) in [6, 6.07) is 0. The minimum atomic E-state index is -0.343. The summed E-state index contributed by atoms with van der Waals surface area (Å²) in [5.41, 5.74) is 0. The second-order valence-corrected chi connectivity index (χ2v) is 3.53. The predicted octanol–water partition coefficient (Wildman–Crippen LogP) is 0.834. The zero-order valence-corrected chi connectivity index (χ0v) is 7.67. The lowest BCUT2D eigenvalue weighted by Crippen LogP contribution is -2.40. The number of piperidine rings is 1. The standard InChI is InChI=1S/C9H15NO2/c1-7-3-5-10(6-4-7)9(12)8(2)11/h7H,3-6H2,1-2H3. The monoisotopic (exact) mass is 169 g/mol. The molecule has 1 rings (SSSR count). The van der Waals surface area contributed by atoms with Crippen LogP contribution in [0.1, 0.15) is 26.7 Å². The summed E-state index contributed by atoms with van der Waals surface area (Å²) in [5, 5.41) is 0. The number of hydrogen-bond acceptors (Lipinski definition) is 2. The third-order valence-corrected chi connectivity index (χ3v) is 2.37. The number of carbonyl (C=O) groups is 2. The molecule has 68 valence electrons. The van der Waals surface area contributed by atoms with E-state index in [1.54, 1.807) is 4.90 Å². The molecule has 1 aliphatic rings. The molecule has 0 aromatic rings. The first-order valence-corrected chi connectivity index (χ1v) is 4.41. The Morgan fingerprint density at radius 2 is 1.75 bits per heavy atom. The van der Waals surface area contributed by atoms with Crippen LogP contribution in [-0.4, -0.2) is 29.7 Å². The third kappa shape index (κ3) is 2.06. The van der Waals surface area contributed by atoms with Crippen molar-refractivity contribution in [3.05, 3.63) is 0 Å². The van der Waals surface area contributed by atoms with Crippen molar-refractivity contribution in [3.8, 4) is 0 Å². The number of amides is 1. The molecule has 1 fully saturated rings. The van der Waals surface area contributed by atoms with Crippen molar-refractivity contribution < 1.29 is 9.59 Å². The van der Waals surface area contributed by atoms with Crippen molar-refractivity contribution >= 4 is 11.7 Å². The first kappa shape index (κ1) is 9.23. The molecule has 0 bridgehead atoms. The van der Waals surface area contributed by atoms with Crippen LogP contribution in [-0.2, 0) is 9.59 Å². The number of Topliss-reactive ketones (excluding diaryl/α,β-unsaturated/α-hetero) is 1. The first-order valence-electron chi connectivity index (χ1n) is 4.41. The molecule has 0 N–H and O–H groups in total. The van der Waals surface area contributed by atoms with Gasteiger partial charge in [-0.15, -0.1) is 0 Å². The number of carbonyl (C=O) groups excluding carboxylic acids is 2. The molecule has 0 aliphatic carbocycles. The number of ketones is 1. The summed E-state index contributed by atoms with van der Waals surface area (Å²) < 4.78 is 0. The molecule has 12 heavy (non-hydrogen) atoms. The van der Waals surface area contributed by atoms with Gasteiger partial charge in [0.15, 0.2) is 0 Å². The number of hydrogen-bond donors (Lipinski definition) is 0. The van der Waals surface area contributed by atoms with Crippen molar-refractivity contribution in [1.82, 2.24) is 4.90 Å². The fraction of sp³-hybridized carbons (Fsp3) is 0.778. The number of rotatable bonds is 1. The van der Waals surface area contributed by atoms with Crippen LogP contribution in [0.15, 0.2) is 0 Å². The van der Waals surface area contributed by atoms with Crippen LogP contribution >= 0.6 is 0 Å². The van der Waals surface area contributed by atoms with Crippen molar-refractivity contribution in [2.45, 2.75) is 26.7 Å². The lowest BCUT2D eigenvalue weighted by Gasteiger charge is -2.29. The summed E-state index contributed by atoms with van der Waals surface area (Å²) in [5.74, 6) is 0.0347. The molecule has 3 nitrogen and oxygen atoms in total. The maximum Gasteiger partial charge on any atom is 0.289 e. The highest BCUT2D eigenvalue weighted by Crippen LogP contribution is 2.15. The van der Waals surface area contributed by atoms with Crippen molar-refractivity contribution in [2.75, 3.05) is 13.1 Å². The van der Waals surface area contributed by atoms with Gasteiger partial charge in [0.25, 0.3) is 5.91 Å². The van der Waals surface area contributed by atoms with Crippen LogP contribution in [0.4, 0.5) is 0 Å². The molecule has 3 heteroatoms. The van der Waals surface area contributed by atoms with E-state index in [1.807, 2.05) is 0 Å². The molecule has 0 radical (unpaired) electrons. The van der Waals surface area contributed by atoms with E-state index in [2.05, 4.69) is 6.92 Å². The molecule has 0 unspecified atom stereocenters. The molecule has 0 aromatic heterocycles. The minimum Gasteiger partial charge on any atom is -0.336 e. The van der Waals surface area contributed by atoms with Gasteiger partial charge in [0.1, 0.15) is 0 Å². The SMILES string of the molecule is CC(=O)C(=O)N1CCC(C)CC1. The molecule has 1 aliphatic heterocycles. The van der Waals surface area contributed by atoms with E-state index < -0.39 is 0 Å². The van der Waals surface area contributed by atoms with E-state index in [4.69, 9.17) is 0 Å². The lowest BCUT2D eigenvalue weighted by molar-refractivity contribution is -0.144. The highest BCUT2D eigenvalue weighted by atomic mass is 16.2. The van der Waals surface area contributed by atoms with E-state index in [1.165, 1.54) is 6.92 Å². The molecule has 1 saturated heterocycles. The highest BCUT2D eigenvalue weighted by molar-refractivity contribution is 6.35. The second-order valence-electron chi connectivity index (χ2n) is 3.53. The van der Waals surface area contributed by atoms with Crippen molar-refractivity contribution in [2.24, 2.45) is 5.92 Å². The summed E-state index contributed by atoms with van der Waals surface area (Å²) in [6.07, 6.45) is 2.05. The van der Waals surface area contributed by atoms with Crippen LogP contribution in [0.3, 0.4) is 0 Å². The van der Waals surface area contributed by atoms with Gasteiger partial charge in [-0.2, -0.15) is 0 Å². The van der Waals surface area contributed by atoms with Crippen LogP contribution in [0.2, 0.25) is 0 Å². The Bertz CT molecular complexity index is 193. The molecular formula is C9H15NO2. The fourth-order valence-corrected chi connectivity index (χ4v) is 1.43. The zero-order valence-electron chi connectivity index (χ0n) is 7.67. The maximum atomic E-state index is 11.2. The number of likely N-dealkylation sites (tertiary alicyclic amines) is 1. The summed E-state index contributed by atoms with van der Waals surface area (Å²) in [6.45, 7) is 5.01. The Kier molecular flexibility index (Phi) is 2.84. The average Bonchev–Trinajstić information content (AvgIpc) is 2.04. The average molecular weight is 169 g/mol. The van der Waals surface area contributed by atoms with Gasteiger partial charge >= 0.3 is 0 Å². The minimum absolute atomic E-state index is 0.318. The molecule has 0 spiro atoms. The molecule has 0 saturated carbocycles. The van der Waals surface area contributed by atoms with Crippen molar-refractivity contribution in [3.63, 3.8) is 0 Å². The van der Waals surface area contributed by atoms with Crippen LogP contribution in [0, 0.1) is 5.92 Å². The van der Waals surface area contributed by atoms with Crippen LogP contribution < -0.4 is 0 Å². The fourth-order valence-electron chi connectivity index (χ4n) is 1.43. The summed E-state index contributed by atoms with van der Waals surface area (Å²) in [7, 11) is 0. The molecule has 0 atom stereocenters. The van der Waals surface area contributed by atoms with Gasteiger partial charge in [0.05, 0.1) is 0 Å². The van der Waals surface area contributed by atoms with E-state index >= 15 is 0 Å². The van der Waals surface area contributed by atoms with Crippen molar-refractivity contribution in [1.29, 1.82) is 0 Å². The van der Waals surface area contributed by atoms with Gasteiger partial charge in [0, 0.05) is 20.0 Å². The maximum absolute atomic E-state index is 11.2. The van der Waals surface area contributed by atoms with Gasteiger partial charge in [-0.3, -0.25) is 9.59 Å². The van der Waals surface area contributed by atoms with E-state index in [9.17, 15) is 9.59 Å². The quantitative estimate of drug-likeness (QED) is 0.545. The normalized spacial score (nSPS) is 19.3. The Morgan fingerprint density at radius 3 is 2.17 bits per heavy atom. The highest BCUT2D eigenvalue weighted by Gasteiger charge is 2.22. The van der Waals surface area contributed by atoms with Gasteiger partial charge in [0.2, 0.25) is 5.78 Å². The summed E-state index contributed by atoms with van der Waals surface area (Å²) >= 11 is 0. The Balaban J connectivity index is 2.44. The zero-order chi connectivity index (χ0) is 9.14. The van der Waals surface area contributed by atoms with E-state index in [0.29, 0.717) is 5.92 Å². The van der Waals surface area contributed by atoms with Gasteiger partial charge in [-0.1, -0.05) is 6.92 Å². The van der Waals surface area contributed by atoms with Gasteiger partial charge < -0.3 is 4.90 Å². The van der Waals surface area contributed by atoms with Gasteiger partial charge in [-0.05, 0) is 18.8 Å². The van der Waals surface area contributed by atoms with E-state index in [-0.39, 0.29) is 11.7 Å². The smallest absolute Gasteiger partial charge is 0.289 e. The molecular weight excluding hydrogens is 154 g/mol. The predicted molar refractivity (Wildman–Crippen MR) is 45.7 cm³/mol. The van der Waals surface area contributed by atoms with E-state index in [0.717, 1.165) is 25.9 Å². The summed E-state index contributed by atoms with van der Waals surface area (Å²) in [4.78, 5) is 23.6.